The number of anilines is 1. The van der Waals surface area contributed by atoms with E-state index < -0.39 is 10.8 Å². The molecule has 3 rings (SSSR count). The molecule has 0 saturated heterocycles. The third-order valence-electron chi connectivity index (χ3n) is 3.80. The largest absolute Gasteiger partial charge is 0.497 e. The standard InChI is InChI=1S/C20H14N4O5S/c1-28-15-3-5-16(6-4-15)29-18-7-2-13(11-17(18)24(26)27)10-14(12-21)19(25)23-20-22-8-9-30-20/h2-11H,1H3,(H,22,23,25)/b14-10-. The molecular formula is C20H14N4O5S. The third kappa shape index (κ3) is 4.98. The summed E-state index contributed by atoms with van der Waals surface area (Å²) in [5.74, 6) is 0.377. The van der Waals surface area contributed by atoms with E-state index in [0.29, 0.717) is 22.2 Å². The van der Waals surface area contributed by atoms with Crippen molar-refractivity contribution in [1.29, 1.82) is 5.26 Å². The third-order valence-corrected chi connectivity index (χ3v) is 4.48. The topological polar surface area (TPSA) is 127 Å². The van der Waals surface area contributed by atoms with E-state index in [0.717, 1.165) is 0 Å². The number of methoxy groups -OCH3 is 1. The zero-order valence-corrected chi connectivity index (χ0v) is 16.4. The van der Waals surface area contributed by atoms with Crippen LogP contribution in [-0.2, 0) is 4.79 Å². The maximum absolute atomic E-state index is 12.2. The zero-order chi connectivity index (χ0) is 21.5. The highest BCUT2D eigenvalue weighted by Crippen LogP contribution is 2.33. The molecule has 1 N–H and O–H groups in total. The Kier molecular flexibility index (Phi) is 6.36. The van der Waals surface area contributed by atoms with Gasteiger partial charge in [-0.25, -0.2) is 4.98 Å². The number of ether oxygens (including phenoxy) is 2. The van der Waals surface area contributed by atoms with E-state index in [4.69, 9.17) is 9.47 Å². The van der Waals surface area contributed by atoms with Crippen LogP contribution in [0.2, 0.25) is 0 Å². The molecule has 10 heteroatoms. The van der Waals surface area contributed by atoms with Gasteiger partial charge in [-0.3, -0.25) is 20.2 Å². The fourth-order valence-corrected chi connectivity index (χ4v) is 2.91. The maximum atomic E-state index is 12.2. The minimum absolute atomic E-state index is 0.0214. The van der Waals surface area contributed by atoms with E-state index in [2.05, 4.69) is 10.3 Å². The molecule has 0 aliphatic heterocycles. The first-order valence-electron chi connectivity index (χ1n) is 8.43. The molecule has 0 atom stereocenters. The van der Waals surface area contributed by atoms with Gasteiger partial charge in [-0.1, -0.05) is 6.07 Å². The number of nitriles is 1. The first kappa shape index (κ1) is 20.5. The molecule has 9 nitrogen and oxygen atoms in total. The Balaban J connectivity index is 1.86. The summed E-state index contributed by atoms with van der Waals surface area (Å²) in [6.45, 7) is 0. The lowest BCUT2D eigenvalue weighted by Crippen LogP contribution is -2.13. The Bertz CT molecular complexity index is 1140. The molecule has 30 heavy (non-hydrogen) atoms. The Morgan fingerprint density at radius 1 is 1.27 bits per heavy atom. The monoisotopic (exact) mass is 422 g/mol. The molecule has 0 aliphatic carbocycles. The summed E-state index contributed by atoms with van der Waals surface area (Å²) in [6, 6.07) is 12.5. The summed E-state index contributed by atoms with van der Waals surface area (Å²) in [5, 5.41) is 25.3. The number of thiazole rings is 1. The van der Waals surface area contributed by atoms with Crippen molar-refractivity contribution in [3.8, 4) is 23.3 Å². The number of nitrogens with one attached hydrogen (secondary N) is 1. The van der Waals surface area contributed by atoms with Crippen LogP contribution >= 0.6 is 11.3 Å². The van der Waals surface area contributed by atoms with E-state index in [9.17, 15) is 20.2 Å². The molecule has 3 aromatic rings. The van der Waals surface area contributed by atoms with Crippen molar-refractivity contribution in [2.75, 3.05) is 12.4 Å². The van der Waals surface area contributed by atoms with Gasteiger partial charge in [0.2, 0.25) is 5.75 Å². The molecule has 0 saturated carbocycles. The molecule has 1 amide bonds. The van der Waals surface area contributed by atoms with Crippen molar-refractivity contribution in [2.24, 2.45) is 0 Å². The van der Waals surface area contributed by atoms with Crippen molar-refractivity contribution in [2.45, 2.75) is 0 Å². The van der Waals surface area contributed by atoms with Crippen molar-refractivity contribution in [3.63, 3.8) is 0 Å². The Hall–Kier alpha value is -4.23. The van der Waals surface area contributed by atoms with Crippen LogP contribution in [-0.4, -0.2) is 22.9 Å². The SMILES string of the molecule is COc1ccc(Oc2ccc(/C=C(/C#N)C(=O)Nc3nccs3)cc2[N+](=O)[O-])cc1. The molecule has 0 aliphatic rings. The number of amides is 1. The predicted molar refractivity (Wildman–Crippen MR) is 110 cm³/mol. The number of nitrogens with zero attached hydrogens (tertiary/aromatic N) is 3. The summed E-state index contributed by atoms with van der Waals surface area (Å²) >= 11 is 1.20. The first-order valence-corrected chi connectivity index (χ1v) is 9.31. The molecule has 0 fully saturated rings. The number of aromatic nitrogens is 1. The van der Waals surface area contributed by atoms with Gasteiger partial charge in [0.15, 0.2) is 5.13 Å². The fourth-order valence-electron chi connectivity index (χ4n) is 2.39. The number of rotatable bonds is 7. The smallest absolute Gasteiger partial charge is 0.312 e. The summed E-state index contributed by atoms with van der Waals surface area (Å²) in [4.78, 5) is 27.0. The summed E-state index contributed by atoms with van der Waals surface area (Å²) in [5.41, 5.74) is -0.227. The van der Waals surface area contributed by atoms with Crippen molar-refractivity contribution < 1.29 is 19.2 Å². The van der Waals surface area contributed by atoms with Gasteiger partial charge in [0.05, 0.1) is 12.0 Å². The van der Waals surface area contributed by atoms with E-state index in [1.54, 1.807) is 35.7 Å². The normalized spacial score (nSPS) is 10.7. The molecule has 1 aromatic heterocycles. The lowest BCUT2D eigenvalue weighted by Gasteiger charge is -2.08. The second-order valence-electron chi connectivity index (χ2n) is 5.72. The average Bonchev–Trinajstić information content (AvgIpc) is 3.26. The van der Waals surface area contributed by atoms with E-state index in [1.807, 2.05) is 0 Å². The van der Waals surface area contributed by atoms with E-state index in [-0.39, 0.29) is 17.0 Å². The van der Waals surface area contributed by atoms with Gasteiger partial charge in [-0.05, 0) is 42.0 Å². The van der Waals surface area contributed by atoms with Crippen LogP contribution in [0.4, 0.5) is 10.8 Å². The molecule has 0 spiro atoms. The van der Waals surface area contributed by atoms with Crippen molar-refractivity contribution in [3.05, 3.63) is 75.3 Å². The van der Waals surface area contributed by atoms with Gasteiger partial charge in [-0.2, -0.15) is 5.26 Å². The molecule has 0 radical (unpaired) electrons. The quantitative estimate of drug-likeness (QED) is 0.259. The van der Waals surface area contributed by atoms with Gasteiger partial charge in [0.25, 0.3) is 5.91 Å². The number of carbonyl (C=O) groups is 1. The van der Waals surface area contributed by atoms with Crippen LogP contribution in [0.3, 0.4) is 0 Å². The number of nitro groups is 1. The van der Waals surface area contributed by atoms with Gasteiger partial charge in [0, 0.05) is 17.6 Å². The summed E-state index contributed by atoms with van der Waals surface area (Å²) in [6.07, 6.45) is 2.77. The fraction of sp³-hybridized carbons (Fsp3) is 0.0500. The van der Waals surface area contributed by atoms with Gasteiger partial charge in [-0.15, -0.1) is 11.3 Å². The van der Waals surface area contributed by atoms with Gasteiger partial charge in [0.1, 0.15) is 23.1 Å². The average molecular weight is 422 g/mol. The van der Waals surface area contributed by atoms with E-state index >= 15 is 0 Å². The van der Waals surface area contributed by atoms with Gasteiger partial charge < -0.3 is 9.47 Å². The Labute approximate surface area is 175 Å². The number of hydrogen-bond acceptors (Lipinski definition) is 8. The maximum Gasteiger partial charge on any atom is 0.312 e. The molecule has 0 bridgehead atoms. The Morgan fingerprint density at radius 2 is 2.00 bits per heavy atom. The zero-order valence-electron chi connectivity index (χ0n) is 15.6. The molecule has 0 unspecified atom stereocenters. The highest BCUT2D eigenvalue weighted by Gasteiger charge is 2.18. The lowest BCUT2D eigenvalue weighted by atomic mass is 10.1. The van der Waals surface area contributed by atoms with Crippen LogP contribution in [0.1, 0.15) is 5.56 Å². The van der Waals surface area contributed by atoms with E-state index in [1.165, 1.54) is 48.9 Å². The lowest BCUT2D eigenvalue weighted by molar-refractivity contribution is -0.385. The molecule has 150 valence electrons. The minimum Gasteiger partial charge on any atom is -0.497 e. The van der Waals surface area contributed by atoms with Crippen molar-refractivity contribution in [1.82, 2.24) is 4.98 Å². The van der Waals surface area contributed by atoms with Gasteiger partial charge >= 0.3 is 5.69 Å². The number of hydrogen-bond donors (Lipinski definition) is 1. The molecule has 1 heterocycles. The molecular weight excluding hydrogens is 408 g/mol. The predicted octanol–water partition coefficient (Wildman–Crippen LogP) is 4.40. The number of nitro benzene ring substituents is 1. The second kappa shape index (κ2) is 9.31. The summed E-state index contributed by atoms with van der Waals surface area (Å²) < 4.78 is 10.7. The first-order chi connectivity index (χ1) is 14.5. The van der Waals surface area contributed by atoms with Crippen molar-refractivity contribution >= 4 is 34.1 Å². The van der Waals surface area contributed by atoms with Crippen LogP contribution in [0.15, 0.2) is 59.6 Å². The minimum atomic E-state index is -0.659. The number of carbonyl (C=O) groups excluding carboxylic acids is 1. The van der Waals surface area contributed by atoms with Crippen LogP contribution in [0.5, 0.6) is 17.2 Å². The summed E-state index contributed by atoms with van der Waals surface area (Å²) in [7, 11) is 1.53. The highest BCUT2D eigenvalue weighted by atomic mass is 32.1. The van der Waals surface area contributed by atoms with Crippen LogP contribution < -0.4 is 14.8 Å². The Morgan fingerprint density at radius 3 is 2.60 bits per heavy atom. The van der Waals surface area contributed by atoms with Crippen LogP contribution in [0, 0.1) is 21.4 Å². The van der Waals surface area contributed by atoms with Crippen LogP contribution in [0.25, 0.3) is 6.08 Å². The molecule has 2 aromatic carbocycles. The highest BCUT2D eigenvalue weighted by molar-refractivity contribution is 7.13. The second-order valence-corrected chi connectivity index (χ2v) is 6.62. The number of benzene rings is 2.